The van der Waals surface area contributed by atoms with Crippen molar-refractivity contribution in [2.75, 3.05) is 14.2 Å². The Labute approximate surface area is 230 Å². The van der Waals surface area contributed by atoms with Gasteiger partial charge in [-0.15, -0.1) is 0 Å². The Hall–Kier alpha value is -2.50. The van der Waals surface area contributed by atoms with Crippen molar-refractivity contribution in [2.24, 2.45) is 4.99 Å². The number of amidine groups is 1. The summed E-state index contributed by atoms with van der Waals surface area (Å²) in [5.74, 6) is 1.71. The van der Waals surface area contributed by atoms with E-state index in [0.717, 1.165) is 24.7 Å². The van der Waals surface area contributed by atoms with Crippen LogP contribution in [0.2, 0.25) is 0 Å². The van der Waals surface area contributed by atoms with Crippen molar-refractivity contribution in [3.8, 4) is 17.2 Å². The molecule has 0 saturated carbocycles. The molecule has 35 heavy (non-hydrogen) atoms. The lowest BCUT2D eigenvalue weighted by Gasteiger charge is -2.14. The molecule has 3 aromatic carbocycles. The molecule has 4 rings (SSSR count). The Morgan fingerprint density at radius 1 is 1.06 bits per heavy atom. The molecule has 0 aromatic heterocycles. The molecule has 1 aliphatic heterocycles. The molecular weight excluding hydrogens is 643 g/mol. The van der Waals surface area contributed by atoms with Crippen molar-refractivity contribution < 1.29 is 19.0 Å². The number of rotatable bonds is 7. The maximum absolute atomic E-state index is 12.6. The number of benzene rings is 3. The normalized spacial score (nSPS) is 15.4. The lowest BCUT2D eigenvalue weighted by atomic mass is 10.2. The molecule has 0 radical (unpaired) electrons. The van der Waals surface area contributed by atoms with Crippen LogP contribution in [0.5, 0.6) is 17.2 Å². The van der Waals surface area contributed by atoms with Crippen molar-refractivity contribution in [1.82, 2.24) is 5.32 Å². The highest BCUT2D eigenvalue weighted by molar-refractivity contribution is 14.1. The van der Waals surface area contributed by atoms with Crippen LogP contribution in [-0.2, 0) is 11.4 Å². The highest BCUT2D eigenvalue weighted by atomic mass is 127. The molecule has 0 bridgehead atoms. The fourth-order valence-electron chi connectivity index (χ4n) is 3.33. The van der Waals surface area contributed by atoms with Crippen LogP contribution in [-0.4, -0.2) is 25.3 Å². The Morgan fingerprint density at radius 2 is 1.80 bits per heavy atom. The van der Waals surface area contributed by atoms with Crippen molar-refractivity contribution in [3.63, 3.8) is 0 Å². The maximum Gasteiger partial charge on any atom is 0.264 e. The Kier molecular flexibility index (Phi) is 8.40. The molecular formula is C26H22BrIN2O4S. The number of nitrogens with zero attached hydrogens (tertiary/aromatic N) is 1. The van der Waals surface area contributed by atoms with Crippen molar-refractivity contribution in [2.45, 2.75) is 13.5 Å². The fourth-order valence-corrected chi connectivity index (χ4v) is 5.21. The third kappa shape index (κ3) is 6.39. The van der Waals surface area contributed by atoms with Gasteiger partial charge in [0.05, 0.1) is 22.7 Å². The highest BCUT2D eigenvalue weighted by Gasteiger charge is 2.25. The predicted molar refractivity (Wildman–Crippen MR) is 153 cm³/mol. The van der Waals surface area contributed by atoms with Gasteiger partial charge in [-0.05, 0) is 100 Å². The van der Waals surface area contributed by atoms with Gasteiger partial charge < -0.3 is 19.5 Å². The van der Waals surface area contributed by atoms with E-state index in [4.69, 9.17) is 14.2 Å². The molecule has 0 aliphatic carbocycles. The molecule has 180 valence electrons. The van der Waals surface area contributed by atoms with Gasteiger partial charge in [0.15, 0.2) is 16.7 Å². The zero-order valence-electron chi connectivity index (χ0n) is 19.2. The Morgan fingerprint density at radius 3 is 2.51 bits per heavy atom. The number of nitrogens with one attached hydrogen (secondary N) is 1. The summed E-state index contributed by atoms with van der Waals surface area (Å²) in [6.07, 6.45) is 1.82. The van der Waals surface area contributed by atoms with Crippen LogP contribution in [0.25, 0.3) is 6.08 Å². The number of hydrogen-bond donors (Lipinski definition) is 1. The Bertz CT molecular complexity index is 1330. The molecule has 0 spiro atoms. The smallest absolute Gasteiger partial charge is 0.264 e. The first-order valence-electron chi connectivity index (χ1n) is 10.6. The molecule has 1 N–H and O–H groups in total. The van der Waals surface area contributed by atoms with Crippen molar-refractivity contribution in [1.29, 1.82) is 0 Å². The summed E-state index contributed by atoms with van der Waals surface area (Å²) in [6.45, 7) is 2.40. The number of aryl methyl sites for hydroxylation is 1. The summed E-state index contributed by atoms with van der Waals surface area (Å²) in [4.78, 5) is 17.7. The second-order valence-corrected chi connectivity index (χ2v) is 10.7. The van der Waals surface area contributed by atoms with Gasteiger partial charge in [0.1, 0.15) is 18.0 Å². The van der Waals surface area contributed by atoms with E-state index in [0.29, 0.717) is 39.6 Å². The van der Waals surface area contributed by atoms with E-state index in [9.17, 15) is 4.79 Å². The number of carbonyl (C=O) groups excluding carboxylic acids is 1. The van der Waals surface area contributed by atoms with Crippen LogP contribution in [0.3, 0.4) is 0 Å². The Balaban J connectivity index is 1.55. The van der Waals surface area contributed by atoms with Crippen molar-refractivity contribution >= 4 is 73.1 Å². The van der Waals surface area contributed by atoms with E-state index in [-0.39, 0.29) is 5.91 Å². The lowest BCUT2D eigenvalue weighted by molar-refractivity contribution is -0.115. The minimum absolute atomic E-state index is 0.204. The number of carbonyl (C=O) groups is 1. The van der Waals surface area contributed by atoms with Crippen LogP contribution >= 0.6 is 50.3 Å². The second-order valence-electron chi connectivity index (χ2n) is 7.61. The van der Waals surface area contributed by atoms with E-state index in [1.807, 2.05) is 67.6 Å². The van der Waals surface area contributed by atoms with E-state index >= 15 is 0 Å². The monoisotopic (exact) mass is 664 g/mol. The van der Waals surface area contributed by atoms with Gasteiger partial charge in [0.2, 0.25) is 0 Å². The summed E-state index contributed by atoms with van der Waals surface area (Å²) in [5, 5.41) is 3.33. The van der Waals surface area contributed by atoms with Gasteiger partial charge in [-0.1, -0.05) is 34.1 Å². The molecule has 1 heterocycles. The van der Waals surface area contributed by atoms with Crippen LogP contribution in [0.4, 0.5) is 5.69 Å². The zero-order chi connectivity index (χ0) is 24.9. The second kappa shape index (κ2) is 11.5. The SMILES string of the molecule is COc1ccc(C)cc1N=C1NC(=O)/C(=C/c2cc(I)c(OCc3ccc(Br)cc3)c(OC)c2)S1. The quantitative estimate of drug-likeness (QED) is 0.221. The van der Waals surface area contributed by atoms with Crippen LogP contribution in [0, 0.1) is 10.5 Å². The minimum Gasteiger partial charge on any atom is -0.494 e. The highest BCUT2D eigenvalue weighted by Crippen LogP contribution is 2.37. The third-order valence-electron chi connectivity index (χ3n) is 5.05. The number of hydrogen-bond acceptors (Lipinski definition) is 6. The lowest BCUT2D eigenvalue weighted by Crippen LogP contribution is -2.19. The van der Waals surface area contributed by atoms with E-state index < -0.39 is 0 Å². The molecule has 9 heteroatoms. The van der Waals surface area contributed by atoms with Gasteiger partial charge in [0, 0.05) is 4.47 Å². The first-order valence-corrected chi connectivity index (χ1v) is 13.2. The third-order valence-corrected chi connectivity index (χ3v) is 7.29. The van der Waals surface area contributed by atoms with Crippen LogP contribution in [0.1, 0.15) is 16.7 Å². The summed E-state index contributed by atoms with van der Waals surface area (Å²) >= 11 is 6.94. The maximum atomic E-state index is 12.6. The zero-order valence-corrected chi connectivity index (χ0v) is 23.8. The van der Waals surface area contributed by atoms with Crippen molar-refractivity contribution in [3.05, 3.63) is 84.2 Å². The summed E-state index contributed by atoms with van der Waals surface area (Å²) < 4.78 is 18.9. The molecule has 1 aliphatic rings. The van der Waals surface area contributed by atoms with Gasteiger partial charge in [-0.3, -0.25) is 4.79 Å². The van der Waals surface area contributed by atoms with Gasteiger partial charge >= 0.3 is 0 Å². The van der Waals surface area contributed by atoms with Crippen LogP contribution < -0.4 is 19.5 Å². The molecule has 3 aromatic rings. The van der Waals surface area contributed by atoms with E-state index in [2.05, 4.69) is 48.8 Å². The van der Waals surface area contributed by atoms with Gasteiger partial charge in [-0.2, -0.15) is 0 Å². The molecule has 0 unspecified atom stereocenters. The predicted octanol–water partition coefficient (Wildman–Crippen LogP) is 6.85. The van der Waals surface area contributed by atoms with Gasteiger partial charge in [-0.25, -0.2) is 4.99 Å². The van der Waals surface area contributed by atoms with E-state index in [1.54, 1.807) is 14.2 Å². The topological polar surface area (TPSA) is 69.2 Å². The number of thioether (sulfide) groups is 1. The van der Waals surface area contributed by atoms with E-state index in [1.165, 1.54) is 11.8 Å². The molecule has 1 saturated heterocycles. The largest absolute Gasteiger partial charge is 0.494 e. The summed E-state index contributed by atoms with van der Waals surface area (Å²) in [5.41, 5.74) is 3.60. The van der Waals surface area contributed by atoms with Gasteiger partial charge in [0.25, 0.3) is 5.91 Å². The standard InChI is InChI=1S/C26H22BrIN2O4S/c1-15-4-9-21(32-2)20(10-15)29-26-30-25(31)23(35-26)13-17-11-19(28)24(22(12-17)33-3)34-14-16-5-7-18(27)8-6-16/h4-13H,14H2,1-3H3,(H,29,30,31)/b23-13-. The number of ether oxygens (including phenoxy) is 3. The number of aliphatic imine (C=N–C) groups is 1. The molecule has 1 amide bonds. The summed E-state index contributed by atoms with van der Waals surface area (Å²) in [6, 6.07) is 17.5. The molecule has 6 nitrogen and oxygen atoms in total. The molecule has 1 fully saturated rings. The number of methoxy groups -OCH3 is 2. The first-order chi connectivity index (χ1) is 16.9. The summed E-state index contributed by atoms with van der Waals surface area (Å²) in [7, 11) is 3.20. The van der Waals surface area contributed by atoms with Crippen LogP contribution in [0.15, 0.2) is 69.0 Å². The average molecular weight is 665 g/mol. The molecule has 0 atom stereocenters. The number of halogens is 2. The fraction of sp³-hybridized carbons (Fsp3) is 0.154. The minimum atomic E-state index is -0.204. The first kappa shape index (κ1) is 25.6. The average Bonchev–Trinajstić information content (AvgIpc) is 3.17. The number of amides is 1.